The molecule has 4 nitrogen and oxygen atoms in total. The quantitative estimate of drug-likeness (QED) is 0.367. The van der Waals surface area contributed by atoms with E-state index in [0.717, 1.165) is 34.5 Å². The van der Waals surface area contributed by atoms with Crippen LogP contribution in [0.3, 0.4) is 0 Å². The van der Waals surface area contributed by atoms with Gasteiger partial charge in [0.05, 0.1) is 13.2 Å². The van der Waals surface area contributed by atoms with E-state index in [1.165, 1.54) is 5.56 Å². The fourth-order valence-corrected chi connectivity index (χ4v) is 2.93. The van der Waals surface area contributed by atoms with Crippen LogP contribution in [0.25, 0.3) is 22.3 Å². The van der Waals surface area contributed by atoms with Crippen LogP contribution in [-0.2, 0) is 16.0 Å². The summed E-state index contributed by atoms with van der Waals surface area (Å²) in [5.41, 5.74) is 3.57. The Morgan fingerprint density at radius 3 is 2.68 bits per heavy atom. The lowest BCUT2D eigenvalue weighted by Crippen LogP contribution is -2.18. The summed E-state index contributed by atoms with van der Waals surface area (Å²) in [7, 11) is 0. The monoisotopic (exact) mass is 378 g/mol. The van der Waals surface area contributed by atoms with Crippen molar-refractivity contribution in [3.05, 3.63) is 66.2 Å². The van der Waals surface area contributed by atoms with Crippen LogP contribution < -0.4 is 4.74 Å². The van der Waals surface area contributed by atoms with Gasteiger partial charge in [0, 0.05) is 28.5 Å². The van der Waals surface area contributed by atoms with Gasteiger partial charge in [0.1, 0.15) is 17.1 Å². The lowest BCUT2D eigenvalue weighted by molar-refractivity contribution is -0.140. The predicted molar refractivity (Wildman–Crippen MR) is 111 cm³/mol. The molecular weight excluding hydrogens is 352 g/mol. The summed E-state index contributed by atoms with van der Waals surface area (Å²) < 4.78 is 17.1. The molecule has 1 unspecified atom stereocenters. The Bertz CT molecular complexity index is 983. The number of carbonyl (C=O) groups is 1. The van der Waals surface area contributed by atoms with Crippen molar-refractivity contribution in [2.24, 2.45) is 5.92 Å². The van der Waals surface area contributed by atoms with Crippen molar-refractivity contribution >= 4 is 16.9 Å². The van der Waals surface area contributed by atoms with Gasteiger partial charge in [0.25, 0.3) is 0 Å². The molecule has 0 saturated carbocycles. The number of aryl methyl sites for hydroxylation is 1. The fourth-order valence-electron chi connectivity index (χ4n) is 2.93. The molecule has 0 aliphatic carbocycles. The fraction of sp³-hybridized carbons (Fsp3) is 0.292. The van der Waals surface area contributed by atoms with E-state index in [9.17, 15) is 4.79 Å². The third-order valence-corrected chi connectivity index (χ3v) is 4.54. The Kier molecular flexibility index (Phi) is 6.19. The van der Waals surface area contributed by atoms with Crippen LogP contribution in [0.2, 0.25) is 0 Å². The second-order valence-corrected chi connectivity index (χ2v) is 7.12. The van der Waals surface area contributed by atoms with Gasteiger partial charge in [-0.1, -0.05) is 44.7 Å². The molecule has 0 bridgehead atoms. The molecule has 0 fully saturated rings. The van der Waals surface area contributed by atoms with Crippen molar-refractivity contribution in [2.75, 3.05) is 13.2 Å². The average Bonchev–Trinajstić information content (AvgIpc) is 3.13. The van der Waals surface area contributed by atoms with Crippen molar-refractivity contribution in [1.82, 2.24) is 0 Å². The van der Waals surface area contributed by atoms with Crippen LogP contribution in [0.4, 0.5) is 0 Å². The first-order chi connectivity index (χ1) is 13.5. The molecule has 3 rings (SSSR count). The summed E-state index contributed by atoms with van der Waals surface area (Å²) in [5, 5.41) is 1.04. The smallest absolute Gasteiger partial charge is 0.333 e. The van der Waals surface area contributed by atoms with Crippen LogP contribution in [-0.4, -0.2) is 19.2 Å². The summed E-state index contributed by atoms with van der Waals surface area (Å²) in [4.78, 5) is 11.5. The zero-order chi connectivity index (χ0) is 20.1. The first-order valence-electron chi connectivity index (χ1n) is 9.55. The lowest BCUT2D eigenvalue weighted by atomic mass is 10.0. The molecule has 3 aromatic rings. The van der Waals surface area contributed by atoms with Crippen molar-refractivity contribution in [3.63, 3.8) is 0 Å². The highest BCUT2D eigenvalue weighted by Gasteiger charge is 2.12. The summed E-state index contributed by atoms with van der Waals surface area (Å²) in [6.07, 6.45) is 0.954. The molecule has 0 aliphatic heterocycles. The molecule has 2 aromatic carbocycles. The minimum atomic E-state index is -0.372. The number of carbonyl (C=O) groups excluding carboxylic acids is 1. The zero-order valence-corrected chi connectivity index (χ0v) is 16.7. The Morgan fingerprint density at radius 2 is 1.93 bits per heavy atom. The Balaban J connectivity index is 1.67. The maximum atomic E-state index is 11.5. The number of rotatable bonds is 8. The number of furan rings is 1. The highest BCUT2D eigenvalue weighted by molar-refractivity contribution is 5.87. The molecule has 0 saturated heterocycles. The van der Waals surface area contributed by atoms with Gasteiger partial charge in [-0.2, -0.15) is 0 Å². The van der Waals surface area contributed by atoms with Crippen molar-refractivity contribution in [1.29, 1.82) is 0 Å². The van der Waals surface area contributed by atoms with Crippen LogP contribution >= 0.6 is 0 Å². The number of ether oxygens (including phenoxy) is 2. The SMILES string of the molecule is C=C(C)C(=O)OCC(C)COc1ccc2cc(-c3ccccc3CC)oc2c1. The van der Waals surface area contributed by atoms with E-state index in [1.54, 1.807) is 6.92 Å². The van der Waals surface area contributed by atoms with Gasteiger partial charge in [-0.15, -0.1) is 0 Å². The summed E-state index contributed by atoms with van der Waals surface area (Å²) in [6.45, 7) is 10.1. The van der Waals surface area contributed by atoms with Crippen molar-refractivity contribution in [2.45, 2.75) is 27.2 Å². The Morgan fingerprint density at radius 1 is 1.14 bits per heavy atom. The lowest BCUT2D eigenvalue weighted by Gasteiger charge is -2.13. The Hall–Kier alpha value is -3.01. The van der Waals surface area contributed by atoms with Gasteiger partial charge in [0.2, 0.25) is 0 Å². The molecule has 1 aromatic heterocycles. The van der Waals surface area contributed by atoms with E-state index in [0.29, 0.717) is 18.8 Å². The molecule has 0 spiro atoms. The largest absolute Gasteiger partial charge is 0.493 e. The highest BCUT2D eigenvalue weighted by atomic mass is 16.5. The second kappa shape index (κ2) is 8.79. The van der Waals surface area contributed by atoms with Gasteiger partial charge in [-0.05, 0) is 37.1 Å². The molecule has 0 aliphatic rings. The van der Waals surface area contributed by atoms with Crippen molar-refractivity contribution < 1.29 is 18.7 Å². The van der Waals surface area contributed by atoms with Crippen molar-refractivity contribution in [3.8, 4) is 17.1 Å². The average molecular weight is 378 g/mol. The molecule has 4 heteroatoms. The molecular formula is C24H26O4. The number of fused-ring (bicyclic) bond motifs is 1. The number of benzene rings is 2. The topological polar surface area (TPSA) is 48.7 Å². The van der Waals surface area contributed by atoms with Crippen LogP contribution in [0.15, 0.2) is 65.1 Å². The minimum Gasteiger partial charge on any atom is -0.493 e. The normalized spacial score (nSPS) is 12.0. The third kappa shape index (κ3) is 4.63. The van der Waals surface area contributed by atoms with Gasteiger partial charge in [-0.25, -0.2) is 4.79 Å². The maximum Gasteiger partial charge on any atom is 0.333 e. The first-order valence-corrected chi connectivity index (χ1v) is 9.55. The maximum absolute atomic E-state index is 11.5. The molecule has 146 valence electrons. The molecule has 0 amide bonds. The number of hydrogen-bond donors (Lipinski definition) is 0. The minimum absolute atomic E-state index is 0.0718. The van der Waals surface area contributed by atoms with E-state index in [4.69, 9.17) is 13.9 Å². The summed E-state index contributed by atoms with van der Waals surface area (Å²) in [6, 6.07) is 16.2. The van der Waals surface area contributed by atoms with Gasteiger partial charge < -0.3 is 13.9 Å². The van der Waals surface area contributed by atoms with E-state index in [-0.39, 0.29) is 11.9 Å². The molecule has 0 radical (unpaired) electrons. The summed E-state index contributed by atoms with van der Waals surface area (Å²) >= 11 is 0. The summed E-state index contributed by atoms with van der Waals surface area (Å²) in [5.74, 6) is 1.30. The van der Waals surface area contributed by atoms with E-state index >= 15 is 0 Å². The standard InChI is InChI=1S/C24H26O4/c1-5-18-8-6-7-9-21(18)23-12-19-10-11-20(13-22(19)28-23)26-14-17(4)15-27-24(25)16(2)3/h6-13,17H,2,5,14-15H2,1,3-4H3. The molecule has 1 heterocycles. The predicted octanol–water partition coefficient (Wildman–Crippen LogP) is 5.80. The second-order valence-electron chi connectivity index (χ2n) is 7.12. The van der Waals surface area contributed by atoms with E-state index in [2.05, 4.69) is 31.7 Å². The zero-order valence-electron chi connectivity index (χ0n) is 16.7. The van der Waals surface area contributed by atoms with Gasteiger partial charge in [0.15, 0.2) is 0 Å². The third-order valence-electron chi connectivity index (χ3n) is 4.54. The van der Waals surface area contributed by atoms with Crippen LogP contribution in [0.1, 0.15) is 26.3 Å². The molecule has 0 N–H and O–H groups in total. The van der Waals surface area contributed by atoms with Gasteiger partial charge >= 0.3 is 5.97 Å². The van der Waals surface area contributed by atoms with Gasteiger partial charge in [-0.3, -0.25) is 0 Å². The molecule has 1 atom stereocenters. The highest BCUT2D eigenvalue weighted by Crippen LogP contribution is 2.32. The van der Waals surface area contributed by atoms with Crippen LogP contribution in [0.5, 0.6) is 5.75 Å². The van der Waals surface area contributed by atoms with Crippen LogP contribution in [0, 0.1) is 5.92 Å². The van der Waals surface area contributed by atoms with E-state index < -0.39 is 0 Å². The number of esters is 1. The van der Waals surface area contributed by atoms with E-state index in [1.807, 2.05) is 37.3 Å². The first kappa shape index (κ1) is 19.7. The Labute approximate surface area is 165 Å². The molecule has 28 heavy (non-hydrogen) atoms. The number of hydrogen-bond acceptors (Lipinski definition) is 4.